The van der Waals surface area contributed by atoms with Crippen LogP contribution in [0.2, 0.25) is 5.02 Å². The quantitative estimate of drug-likeness (QED) is 0.373. The van der Waals surface area contributed by atoms with Gasteiger partial charge in [0.1, 0.15) is 12.0 Å². The molecule has 5 aromatic rings. The summed E-state index contributed by atoms with van der Waals surface area (Å²) in [5, 5.41) is 7.65. The van der Waals surface area contributed by atoms with Crippen LogP contribution in [0.25, 0.3) is 28.7 Å². The SMILES string of the molecule is O=C(NCCc1ccc(Cl)cc1)c1cn(-c2ncccc2-c2nc(-c3ccccc3)no2)cn1. The monoisotopic (exact) mass is 470 g/mol. The second kappa shape index (κ2) is 9.68. The Morgan fingerprint density at radius 1 is 1.00 bits per heavy atom. The van der Waals surface area contributed by atoms with Crippen molar-refractivity contribution in [1.29, 1.82) is 0 Å². The van der Waals surface area contributed by atoms with E-state index in [0.717, 1.165) is 11.1 Å². The number of carbonyl (C=O) groups excluding carboxylic acids is 1. The molecule has 3 heterocycles. The Morgan fingerprint density at radius 2 is 1.82 bits per heavy atom. The molecule has 0 bridgehead atoms. The van der Waals surface area contributed by atoms with E-state index in [2.05, 4.69) is 25.4 Å². The van der Waals surface area contributed by atoms with Crippen molar-refractivity contribution in [1.82, 2.24) is 30.0 Å². The fraction of sp³-hybridized carbons (Fsp3) is 0.0800. The van der Waals surface area contributed by atoms with E-state index in [1.165, 1.54) is 6.33 Å². The third-order valence-corrected chi connectivity index (χ3v) is 5.40. The molecule has 0 spiro atoms. The average molecular weight is 471 g/mol. The van der Waals surface area contributed by atoms with Crippen molar-refractivity contribution in [3.8, 4) is 28.7 Å². The van der Waals surface area contributed by atoms with Crippen LogP contribution in [-0.2, 0) is 6.42 Å². The number of imidazole rings is 1. The highest BCUT2D eigenvalue weighted by molar-refractivity contribution is 6.30. The second-order valence-electron chi connectivity index (χ2n) is 7.46. The minimum absolute atomic E-state index is 0.269. The number of nitrogens with one attached hydrogen (secondary N) is 1. The smallest absolute Gasteiger partial charge is 0.271 e. The number of hydrogen-bond acceptors (Lipinski definition) is 6. The fourth-order valence-corrected chi connectivity index (χ4v) is 3.55. The average Bonchev–Trinajstić information content (AvgIpc) is 3.56. The molecule has 5 rings (SSSR count). The Labute approximate surface area is 200 Å². The molecular formula is C25H19ClN6O2. The van der Waals surface area contributed by atoms with Gasteiger partial charge >= 0.3 is 0 Å². The Morgan fingerprint density at radius 3 is 2.65 bits per heavy atom. The van der Waals surface area contributed by atoms with Gasteiger partial charge < -0.3 is 9.84 Å². The largest absolute Gasteiger partial charge is 0.350 e. The van der Waals surface area contributed by atoms with Gasteiger partial charge in [0, 0.05) is 29.5 Å². The maximum absolute atomic E-state index is 12.6. The van der Waals surface area contributed by atoms with Crippen molar-refractivity contribution < 1.29 is 9.32 Å². The molecule has 0 radical (unpaired) electrons. The number of hydrogen-bond donors (Lipinski definition) is 1. The van der Waals surface area contributed by atoms with Gasteiger partial charge in [-0.3, -0.25) is 9.36 Å². The van der Waals surface area contributed by atoms with Crippen molar-refractivity contribution in [3.05, 3.63) is 102 Å². The normalized spacial score (nSPS) is 10.9. The fourth-order valence-electron chi connectivity index (χ4n) is 3.42. The first-order valence-corrected chi connectivity index (χ1v) is 11.0. The number of nitrogens with zero attached hydrogens (tertiary/aromatic N) is 5. The van der Waals surface area contributed by atoms with Crippen LogP contribution in [0.5, 0.6) is 0 Å². The first-order valence-electron chi connectivity index (χ1n) is 10.6. The summed E-state index contributed by atoms with van der Waals surface area (Å²) in [7, 11) is 0. The number of rotatable bonds is 7. The Balaban J connectivity index is 1.31. The molecule has 9 heteroatoms. The molecule has 0 aliphatic carbocycles. The van der Waals surface area contributed by atoms with Gasteiger partial charge in [-0.1, -0.05) is 59.2 Å². The van der Waals surface area contributed by atoms with Crippen molar-refractivity contribution in [3.63, 3.8) is 0 Å². The number of aromatic nitrogens is 5. The van der Waals surface area contributed by atoms with Gasteiger partial charge in [-0.15, -0.1) is 0 Å². The molecule has 0 aliphatic heterocycles. The van der Waals surface area contributed by atoms with E-state index < -0.39 is 0 Å². The van der Waals surface area contributed by atoms with Crippen molar-refractivity contribution in [2.75, 3.05) is 6.54 Å². The maximum atomic E-state index is 12.6. The highest BCUT2D eigenvalue weighted by Gasteiger charge is 2.17. The topological polar surface area (TPSA) is 98.7 Å². The number of amides is 1. The number of benzene rings is 2. The molecule has 34 heavy (non-hydrogen) atoms. The molecule has 0 aliphatic rings. The molecule has 168 valence electrons. The van der Waals surface area contributed by atoms with Crippen molar-refractivity contribution in [2.45, 2.75) is 6.42 Å². The standard InChI is InChI=1S/C25H19ClN6O2/c26-19-10-8-17(9-11-19)12-14-28-24(33)21-15-32(16-29-21)23-20(7-4-13-27-23)25-30-22(31-34-25)18-5-2-1-3-6-18/h1-11,13,15-16H,12,14H2,(H,28,33). The van der Waals surface area contributed by atoms with Gasteiger partial charge in [0.25, 0.3) is 11.8 Å². The summed E-state index contributed by atoms with van der Waals surface area (Å²) in [5.74, 6) is 1.06. The lowest BCUT2D eigenvalue weighted by Crippen LogP contribution is -2.26. The van der Waals surface area contributed by atoms with Gasteiger partial charge in [0.05, 0.1) is 5.56 Å². The van der Waals surface area contributed by atoms with Crippen LogP contribution in [0.15, 0.2) is 90.0 Å². The summed E-state index contributed by atoms with van der Waals surface area (Å²) in [5.41, 5.74) is 2.85. The minimum Gasteiger partial charge on any atom is -0.350 e. The summed E-state index contributed by atoms with van der Waals surface area (Å²) >= 11 is 5.91. The summed E-state index contributed by atoms with van der Waals surface area (Å²) in [6.07, 6.45) is 5.50. The maximum Gasteiger partial charge on any atom is 0.271 e. The zero-order valence-electron chi connectivity index (χ0n) is 17.9. The second-order valence-corrected chi connectivity index (χ2v) is 7.90. The molecule has 1 N–H and O–H groups in total. The van der Waals surface area contributed by atoms with E-state index in [0.29, 0.717) is 41.1 Å². The molecule has 0 saturated carbocycles. The molecular weight excluding hydrogens is 452 g/mol. The van der Waals surface area contributed by atoms with E-state index >= 15 is 0 Å². The molecule has 1 amide bonds. The van der Waals surface area contributed by atoms with Crippen LogP contribution >= 0.6 is 11.6 Å². The first kappa shape index (κ1) is 21.5. The molecule has 2 aromatic carbocycles. The molecule has 8 nitrogen and oxygen atoms in total. The van der Waals surface area contributed by atoms with Crippen LogP contribution in [0.4, 0.5) is 0 Å². The van der Waals surface area contributed by atoms with Gasteiger partial charge in [0.2, 0.25) is 5.82 Å². The van der Waals surface area contributed by atoms with Crippen LogP contribution in [0, 0.1) is 0 Å². The van der Waals surface area contributed by atoms with Gasteiger partial charge in [-0.25, -0.2) is 9.97 Å². The zero-order chi connectivity index (χ0) is 23.3. The molecule has 0 unspecified atom stereocenters. The van der Waals surface area contributed by atoms with Crippen LogP contribution in [-0.4, -0.2) is 37.1 Å². The summed E-state index contributed by atoms with van der Waals surface area (Å²) < 4.78 is 7.16. The highest BCUT2D eigenvalue weighted by Crippen LogP contribution is 2.26. The third-order valence-electron chi connectivity index (χ3n) is 5.15. The predicted molar refractivity (Wildman–Crippen MR) is 128 cm³/mol. The Hall–Kier alpha value is -4.30. The Bertz CT molecular complexity index is 1410. The summed E-state index contributed by atoms with van der Waals surface area (Å²) in [6, 6.07) is 20.7. The van der Waals surface area contributed by atoms with E-state index in [1.807, 2.05) is 60.7 Å². The lowest BCUT2D eigenvalue weighted by atomic mass is 10.1. The van der Waals surface area contributed by atoms with Crippen LogP contribution in [0.1, 0.15) is 16.1 Å². The lowest BCUT2D eigenvalue weighted by molar-refractivity contribution is 0.0949. The summed E-state index contributed by atoms with van der Waals surface area (Å²) in [4.78, 5) is 25.8. The lowest BCUT2D eigenvalue weighted by Gasteiger charge is -2.05. The van der Waals surface area contributed by atoms with Crippen LogP contribution < -0.4 is 5.32 Å². The van der Waals surface area contributed by atoms with E-state index in [-0.39, 0.29) is 11.6 Å². The van der Waals surface area contributed by atoms with E-state index in [4.69, 9.17) is 16.1 Å². The number of carbonyl (C=O) groups is 1. The van der Waals surface area contributed by atoms with Gasteiger partial charge in [-0.05, 0) is 36.2 Å². The minimum atomic E-state index is -0.269. The van der Waals surface area contributed by atoms with E-state index in [9.17, 15) is 4.79 Å². The summed E-state index contributed by atoms with van der Waals surface area (Å²) in [6.45, 7) is 0.479. The van der Waals surface area contributed by atoms with Gasteiger partial charge in [-0.2, -0.15) is 4.98 Å². The molecule has 3 aromatic heterocycles. The number of pyridine rings is 1. The van der Waals surface area contributed by atoms with E-state index in [1.54, 1.807) is 23.0 Å². The number of halogens is 1. The Kier molecular flexibility index (Phi) is 6.13. The zero-order valence-corrected chi connectivity index (χ0v) is 18.7. The molecule has 0 fully saturated rings. The predicted octanol–water partition coefficient (Wildman–Crippen LogP) is 4.61. The van der Waals surface area contributed by atoms with Crippen molar-refractivity contribution in [2.24, 2.45) is 0 Å². The van der Waals surface area contributed by atoms with Crippen LogP contribution in [0.3, 0.4) is 0 Å². The molecule has 0 saturated heterocycles. The van der Waals surface area contributed by atoms with Crippen molar-refractivity contribution >= 4 is 17.5 Å². The molecule has 0 atom stereocenters. The first-order chi connectivity index (χ1) is 16.7. The van der Waals surface area contributed by atoms with Gasteiger partial charge in [0.15, 0.2) is 5.82 Å². The third kappa shape index (κ3) is 4.72. The highest BCUT2D eigenvalue weighted by atomic mass is 35.5.